The van der Waals surface area contributed by atoms with E-state index in [9.17, 15) is 4.39 Å². The highest BCUT2D eigenvalue weighted by Gasteiger charge is 2.13. The molecule has 0 bridgehead atoms. The van der Waals surface area contributed by atoms with Crippen molar-refractivity contribution in [3.63, 3.8) is 0 Å². The molecule has 1 N–H and O–H groups in total. The van der Waals surface area contributed by atoms with Gasteiger partial charge < -0.3 is 4.98 Å². The lowest BCUT2D eigenvalue weighted by Gasteiger charge is -2.06. The number of nitrogens with one attached hydrogen (secondary N) is 1. The fourth-order valence-corrected chi connectivity index (χ4v) is 2.82. The lowest BCUT2D eigenvalue weighted by Crippen LogP contribution is -1.97. The lowest BCUT2D eigenvalue weighted by molar-refractivity contribution is 0.628. The Labute approximate surface area is 132 Å². The first-order chi connectivity index (χ1) is 9.47. The summed E-state index contributed by atoms with van der Waals surface area (Å²) in [5.74, 6) is -0.667. The average Bonchev–Trinajstić information content (AvgIpc) is 2.70. The molecule has 102 valence electrons. The molecule has 0 saturated carbocycles. The van der Waals surface area contributed by atoms with Gasteiger partial charge in [-0.3, -0.25) is 4.57 Å². The summed E-state index contributed by atoms with van der Waals surface area (Å²) in [7, 11) is 0. The molecule has 0 aliphatic carbocycles. The van der Waals surface area contributed by atoms with Crippen molar-refractivity contribution in [2.45, 2.75) is 0 Å². The Balaban J connectivity index is 2.35. The summed E-state index contributed by atoms with van der Waals surface area (Å²) in [4.78, 5) is 7.18. The van der Waals surface area contributed by atoms with Crippen molar-refractivity contribution in [1.29, 1.82) is 0 Å². The maximum Gasteiger partial charge on any atom is 0.184 e. The Morgan fingerprint density at radius 3 is 2.45 bits per heavy atom. The molecular weight excluding hydrogens is 344 g/mol. The van der Waals surface area contributed by atoms with Crippen LogP contribution in [-0.4, -0.2) is 14.5 Å². The highest BCUT2D eigenvalue weighted by atomic mass is 35.5. The van der Waals surface area contributed by atoms with Crippen molar-refractivity contribution in [2.75, 3.05) is 0 Å². The van der Waals surface area contributed by atoms with E-state index in [4.69, 9.17) is 47.0 Å². The summed E-state index contributed by atoms with van der Waals surface area (Å²) < 4.78 is 15.5. The van der Waals surface area contributed by atoms with Crippen LogP contribution in [0.15, 0.2) is 24.4 Å². The van der Waals surface area contributed by atoms with Gasteiger partial charge in [0.2, 0.25) is 0 Å². The summed E-state index contributed by atoms with van der Waals surface area (Å²) in [5, 5.41) is 0.312. The van der Waals surface area contributed by atoms with Crippen LogP contribution in [0.5, 0.6) is 0 Å². The van der Waals surface area contributed by atoms with E-state index in [1.54, 1.807) is 10.6 Å². The normalized spacial score (nSPS) is 11.2. The summed E-state index contributed by atoms with van der Waals surface area (Å²) in [6.07, 6.45) is 1.50. The Morgan fingerprint density at radius 2 is 1.80 bits per heavy atom. The number of hydrogen-bond acceptors (Lipinski definition) is 2. The van der Waals surface area contributed by atoms with Crippen LogP contribution in [0, 0.1) is 10.6 Å². The quantitative estimate of drug-likeness (QED) is 0.485. The minimum Gasteiger partial charge on any atom is -0.329 e. The van der Waals surface area contributed by atoms with Crippen LogP contribution in [0.1, 0.15) is 0 Å². The van der Waals surface area contributed by atoms with Gasteiger partial charge >= 0.3 is 0 Å². The molecule has 0 amide bonds. The molecule has 0 spiro atoms. The minimum absolute atomic E-state index is 0.0855. The zero-order valence-electron chi connectivity index (χ0n) is 9.62. The topological polar surface area (TPSA) is 33.6 Å². The molecule has 0 radical (unpaired) electrons. The van der Waals surface area contributed by atoms with Crippen LogP contribution in [0.4, 0.5) is 4.39 Å². The summed E-state index contributed by atoms with van der Waals surface area (Å²) >= 11 is 22.7. The Morgan fingerprint density at radius 1 is 1.15 bits per heavy atom. The molecule has 0 saturated heterocycles. The number of rotatable bonds is 1. The standard InChI is InChI=1S/C12H5Cl3FN3S/c13-5-1-9-11(17-4-5)19(12(20)18-9)6-2-7(14)10(16)8(15)3-6/h1-4H,(H,18,20). The number of halogens is 4. The Bertz CT molecular complexity index is 864. The van der Waals surface area contributed by atoms with Gasteiger partial charge in [-0.2, -0.15) is 0 Å². The van der Waals surface area contributed by atoms with Gasteiger partial charge in [-0.15, -0.1) is 0 Å². The van der Waals surface area contributed by atoms with Crippen molar-refractivity contribution < 1.29 is 4.39 Å². The summed E-state index contributed by atoms with van der Waals surface area (Å²) in [5.41, 5.74) is 1.74. The number of nitrogens with zero attached hydrogens (tertiary/aromatic N) is 2. The van der Waals surface area contributed by atoms with E-state index in [0.29, 0.717) is 26.6 Å². The number of pyridine rings is 1. The van der Waals surface area contributed by atoms with Gasteiger partial charge in [0.25, 0.3) is 0 Å². The second kappa shape index (κ2) is 5.00. The largest absolute Gasteiger partial charge is 0.329 e. The monoisotopic (exact) mass is 347 g/mol. The molecule has 0 atom stereocenters. The van der Waals surface area contributed by atoms with Crippen LogP contribution in [0.2, 0.25) is 15.1 Å². The molecule has 3 nitrogen and oxygen atoms in total. The number of hydrogen-bond donors (Lipinski definition) is 1. The molecule has 0 aliphatic heterocycles. The second-order valence-electron chi connectivity index (χ2n) is 4.01. The summed E-state index contributed by atoms with van der Waals surface area (Å²) in [6.45, 7) is 0. The predicted octanol–water partition coefficient (Wildman–Crippen LogP) is 5.18. The summed E-state index contributed by atoms with van der Waals surface area (Å²) in [6, 6.07) is 4.56. The number of benzene rings is 1. The fraction of sp³-hybridized carbons (Fsp3) is 0. The molecule has 3 rings (SSSR count). The lowest BCUT2D eigenvalue weighted by atomic mass is 10.3. The number of aromatic amines is 1. The number of aromatic nitrogens is 3. The van der Waals surface area contributed by atoms with E-state index in [1.807, 2.05) is 0 Å². The van der Waals surface area contributed by atoms with E-state index in [0.717, 1.165) is 0 Å². The van der Waals surface area contributed by atoms with E-state index in [-0.39, 0.29) is 10.0 Å². The zero-order valence-corrected chi connectivity index (χ0v) is 12.7. The molecule has 0 fully saturated rings. The molecular formula is C12H5Cl3FN3S. The maximum atomic E-state index is 13.5. The molecule has 2 aromatic heterocycles. The highest BCUT2D eigenvalue weighted by Crippen LogP contribution is 2.28. The van der Waals surface area contributed by atoms with E-state index >= 15 is 0 Å². The highest BCUT2D eigenvalue weighted by molar-refractivity contribution is 7.71. The minimum atomic E-state index is -0.667. The van der Waals surface area contributed by atoms with Crippen molar-refractivity contribution in [3.8, 4) is 5.69 Å². The van der Waals surface area contributed by atoms with Crippen molar-refractivity contribution in [2.24, 2.45) is 0 Å². The molecule has 20 heavy (non-hydrogen) atoms. The fourth-order valence-electron chi connectivity index (χ4n) is 1.88. The van der Waals surface area contributed by atoms with Crippen molar-refractivity contribution in [1.82, 2.24) is 14.5 Å². The van der Waals surface area contributed by atoms with Gasteiger partial charge in [0.15, 0.2) is 16.2 Å². The van der Waals surface area contributed by atoms with Crippen LogP contribution in [0.3, 0.4) is 0 Å². The maximum absolute atomic E-state index is 13.5. The van der Waals surface area contributed by atoms with Gasteiger partial charge in [-0.05, 0) is 30.4 Å². The van der Waals surface area contributed by atoms with Gasteiger partial charge in [0, 0.05) is 6.20 Å². The third-order valence-corrected chi connectivity index (χ3v) is 3.76. The predicted molar refractivity (Wildman–Crippen MR) is 81.2 cm³/mol. The number of fused-ring (bicyclic) bond motifs is 1. The van der Waals surface area contributed by atoms with Crippen molar-refractivity contribution >= 4 is 58.2 Å². The first kappa shape index (κ1) is 13.8. The van der Waals surface area contributed by atoms with Gasteiger partial charge in [0.1, 0.15) is 0 Å². The van der Waals surface area contributed by atoms with E-state index in [1.165, 1.54) is 18.3 Å². The van der Waals surface area contributed by atoms with E-state index < -0.39 is 5.82 Å². The Kier molecular flexibility index (Phi) is 3.46. The van der Waals surface area contributed by atoms with Crippen LogP contribution in [-0.2, 0) is 0 Å². The van der Waals surface area contributed by atoms with E-state index in [2.05, 4.69) is 9.97 Å². The molecule has 2 heterocycles. The van der Waals surface area contributed by atoms with Crippen LogP contribution >= 0.6 is 47.0 Å². The van der Waals surface area contributed by atoms with Crippen molar-refractivity contribution in [3.05, 3.63) is 50.1 Å². The smallest absolute Gasteiger partial charge is 0.184 e. The average molecular weight is 349 g/mol. The first-order valence-electron chi connectivity index (χ1n) is 5.38. The number of H-pyrrole nitrogens is 1. The molecule has 8 heteroatoms. The van der Waals surface area contributed by atoms with Gasteiger partial charge in [-0.25, -0.2) is 9.37 Å². The van der Waals surface area contributed by atoms with Crippen LogP contribution in [0.25, 0.3) is 16.9 Å². The van der Waals surface area contributed by atoms with Gasteiger partial charge in [-0.1, -0.05) is 34.8 Å². The first-order valence-corrected chi connectivity index (χ1v) is 6.93. The zero-order chi connectivity index (χ0) is 14.4. The molecule has 3 aromatic rings. The Hall–Kier alpha value is -1.14. The second-order valence-corrected chi connectivity index (χ2v) is 5.65. The SMILES string of the molecule is Fc1c(Cl)cc(-n2c(=S)[nH]c3cc(Cl)cnc32)cc1Cl. The molecule has 0 unspecified atom stereocenters. The molecule has 1 aromatic carbocycles. The third kappa shape index (κ3) is 2.20. The number of imidazole rings is 1. The van der Waals surface area contributed by atoms with Gasteiger partial charge in [0.05, 0.1) is 26.3 Å². The van der Waals surface area contributed by atoms with Crippen LogP contribution < -0.4 is 0 Å². The molecule has 0 aliphatic rings. The third-order valence-electron chi connectivity index (χ3n) is 2.72.